The lowest BCUT2D eigenvalue weighted by Gasteiger charge is -2.43. The van der Waals surface area contributed by atoms with Gasteiger partial charge in [0.05, 0.1) is 24.4 Å². The molecule has 6 nitrogen and oxygen atoms in total. The molecule has 3 rings (SSSR count). The first kappa shape index (κ1) is 22.1. The number of aliphatic hydroxyl groups is 1. The fourth-order valence-electron chi connectivity index (χ4n) is 4.50. The van der Waals surface area contributed by atoms with Gasteiger partial charge in [0.15, 0.2) is 0 Å². The van der Waals surface area contributed by atoms with Crippen LogP contribution >= 0.6 is 11.6 Å². The van der Waals surface area contributed by atoms with Crippen LogP contribution in [0.25, 0.3) is 10.9 Å². The minimum absolute atomic E-state index is 0.208. The van der Waals surface area contributed by atoms with Crippen molar-refractivity contribution < 1.29 is 9.90 Å². The van der Waals surface area contributed by atoms with Crippen LogP contribution in [0.15, 0.2) is 18.3 Å². The molecular weight excluding hydrogens is 388 g/mol. The number of halogens is 1. The van der Waals surface area contributed by atoms with Crippen molar-refractivity contribution >= 4 is 28.4 Å². The van der Waals surface area contributed by atoms with E-state index >= 15 is 0 Å². The second-order valence-corrected chi connectivity index (χ2v) is 9.11. The van der Waals surface area contributed by atoms with Gasteiger partial charge in [-0.05, 0) is 49.4 Å². The summed E-state index contributed by atoms with van der Waals surface area (Å²) in [6.45, 7) is 12.1. The highest BCUT2D eigenvalue weighted by Crippen LogP contribution is 2.46. The maximum absolute atomic E-state index is 12.6. The zero-order chi connectivity index (χ0) is 21.2. The Hall–Kier alpha value is -1.63. The lowest BCUT2D eigenvalue weighted by atomic mass is 9.68. The Morgan fingerprint density at radius 3 is 2.62 bits per heavy atom. The van der Waals surface area contributed by atoms with Crippen molar-refractivity contribution in [1.82, 2.24) is 20.0 Å². The first-order valence-corrected chi connectivity index (χ1v) is 11.0. The predicted molar refractivity (Wildman–Crippen MR) is 117 cm³/mol. The molecule has 0 aliphatic carbocycles. The van der Waals surface area contributed by atoms with E-state index in [0.29, 0.717) is 17.5 Å². The third-order valence-corrected chi connectivity index (χ3v) is 6.91. The number of amides is 1. The molecule has 0 bridgehead atoms. The fraction of sp³-hybridized carbons (Fsp3) is 0.636. The van der Waals surface area contributed by atoms with E-state index in [4.69, 9.17) is 11.6 Å². The number of nitrogens with zero attached hydrogens (tertiary/aromatic N) is 3. The number of carbonyl (C=O) groups is 1. The summed E-state index contributed by atoms with van der Waals surface area (Å²) in [7, 11) is 0. The van der Waals surface area contributed by atoms with Gasteiger partial charge in [-0.15, -0.1) is 0 Å². The van der Waals surface area contributed by atoms with Crippen molar-refractivity contribution in [3.8, 4) is 0 Å². The highest BCUT2D eigenvalue weighted by Gasteiger charge is 2.40. The largest absolute Gasteiger partial charge is 0.388 e. The number of aromatic amines is 1. The van der Waals surface area contributed by atoms with Crippen LogP contribution in [-0.2, 0) is 4.79 Å². The van der Waals surface area contributed by atoms with Crippen LogP contribution in [-0.4, -0.2) is 63.7 Å². The Kier molecular flexibility index (Phi) is 6.87. The number of hydrogen-bond acceptors (Lipinski definition) is 4. The molecule has 0 spiro atoms. The highest BCUT2D eigenvalue weighted by atomic mass is 35.5. The standard InChI is InChI=1S/C22H33ClN4O2/c1-5-26(6-2)14-19(28)27-9-7-16(8-10-27)22(3,4)21(29)18-12-17(23)11-15-13-24-25-20(15)18/h11-13,16,21,29H,5-10,14H2,1-4H3,(H,24,25)/t21-/m1/s1. The molecule has 1 fully saturated rings. The number of piperidine rings is 1. The molecule has 1 aromatic heterocycles. The quantitative estimate of drug-likeness (QED) is 0.713. The van der Waals surface area contributed by atoms with E-state index in [1.165, 1.54) is 0 Å². The van der Waals surface area contributed by atoms with Gasteiger partial charge in [0.2, 0.25) is 5.91 Å². The van der Waals surface area contributed by atoms with Crippen molar-refractivity contribution in [2.24, 2.45) is 11.3 Å². The zero-order valence-electron chi connectivity index (χ0n) is 17.9. The number of likely N-dealkylation sites (N-methyl/N-ethyl adjacent to an activating group) is 1. The number of fused-ring (bicyclic) bond motifs is 1. The summed E-state index contributed by atoms with van der Waals surface area (Å²) in [6.07, 6.45) is 2.83. The van der Waals surface area contributed by atoms with E-state index in [9.17, 15) is 9.90 Å². The molecule has 1 saturated heterocycles. The van der Waals surface area contributed by atoms with Gasteiger partial charge in [0, 0.05) is 29.1 Å². The van der Waals surface area contributed by atoms with Gasteiger partial charge >= 0.3 is 0 Å². The van der Waals surface area contributed by atoms with Crippen LogP contribution in [0.2, 0.25) is 5.02 Å². The van der Waals surface area contributed by atoms with Crippen molar-refractivity contribution in [3.05, 3.63) is 28.9 Å². The Balaban J connectivity index is 1.69. The molecule has 1 amide bonds. The Bertz CT molecular complexity index is 838. The minimum Gasteiger partial charge on any atom is -0.388 e. The average molecular weight is 421 g/mol. The second-order valence-electron chi connectivity index (χ2n) is 8.67. The van der Waals surface area contributed by atoms with E-state index in [1.54, 1.807) is 6.20 Å². The lowest BCUT2D eigenvalue weighted by molar-refractivity contribution is -0.135. The monoisotopic (exact) mass is 420 g/mol. The second kappa shape index (κ2) is 9.02. The molecule has 0 radical (unpaired) electrons. The molecule has 0 unspecified atom stereocenters. The van der Waals surface area contributed by atoms with Crippen LogP contribution < -0.4 is 0 Å². The summed E-state index contributed by atoms with van der Waals surface area (Å²) < 4.78 is 0. The third-order valence-electron chi connectivity index (χ3n) is 6.70. The molecule has 7 heteroatoms. The molecule has 160 valence electrons. The third kappa shape index (κ3) is 4.60. The molecule has 2 heterocycles. The summed E-state index contributed by atoms with van der Waals surface area (Å²) in [5.74, 6) is 0.520. The van der Waals surface area contributed by atoms with Crippen LogP contribution in [0.3, 0.4) is 0 Å². The van der Waals surface area contributed by atoms with Crippen LogP contribution in [0.1, 0.15) is 52.2 Å². The number of likely N-dealkylation sites (tertiary alicyclic amines) is 1. The van der Waals surface area contributed by atoms with Crippen LogP contribution in [0.5, 0.6) is 0 Å². The summed E-state index contributed by atoms with van der Waals surface area (Å²) in [6, 6.07) is 3.68. The number of aromatic nitrogens is 2. The molecule has 29 heavy (non-hydrogen) atoms. The molecule has 1 aliphatic heterocycles. The maximum Gasteiger partial charge on any atom is 0.236 e. The van der Waals surface area contributed by atoms with Crippen molar-refractivity contribution in [3.63, 3.8) is 0 Å². The summed E-state index contributed by atoms with van der Waals surface area (Å²) in [5, 5.41) is 19.9. The fourth-order valence-corrected chi connectivity index (χ4v) is 4.73. The number of hydrogen-bond donors (Lipinski definition) is 2. The summed E-state index contributed by atoms with van der Waals surface area (Å²) in [4.78, 5) is 16.7. The number of benzene rings is 1. The number of nitrogens with one attached hydrogen (secondary N) is 1. The molecule has 1 aliphatic rings. The zero-order valence-corrected chi connectivity index (χ0v) is 18.7. The Labute approximate surface area is 178 Å². The molecule has 1 aromatic carbocycles. The van der Waals surface area contributed by atoms with E-state index < -0.39 is 6.10 Å². The molecule has 2 N–H and O–H groups in total. The predicted octanol–water partition coefficient (Wildman–Crippen LogP) is 3.86. The lowest BCUT2D eigenvalue weighted by Crippen LogP contribution is -2.46. The summed E-state index contributed by atoms with van der Waals surface area (Å²) in [5.41, 5.74) is 1.27. The molecule has 1 atom stereocenters. The summed E-state index contributed by atoms with van der Waals surface area (Å²) >= 11 is 6.28. The molecule has 0 saturated carbocycles. The molecular formula is C22H33ClN4O2. The Morgan fingerprint density at radius 2 is 2.00 bits per heavy atom. The average Bonchev–Trinajstić information content (AvgIpc) is 3.19. The van der Waals surface area contributed by atoms with Gasteiger partial charge in [0.25, 0.3) is 0 Å². The van der Waals surface area contributed by atoms with E-state index in [0.717, 1.165) is 55.5 Å². The van der Waals surface area contributed by atoms with Crippen LogP contribution in [0, 0.1) is 11.3 Å². The van der Waals surface area contributed by atoms with Crippen molar-refractivity contribution in [2.45, 2.75) is 46.6 Å². The maximum atomic E-state index is 12.6. The van der Waals surface area contributed by atoms with E-state index in [2.05, 4.69) is 42.8 Å². The normalized spacial score (nSPS) is 17.3. The number of H-pyrrole nitrogens is 1. The topological polar surface area (TPSA) is 72.5 Å². The van der Waals surface area contributed by atoms with Crippen molar-refractivity contribution in [2.75, 3.05) is 32.7 Å². The first-order valence-electron chi connectivity index (χ1n) is 10.6. The van der Waals surface area contributed by atoms with E-state index in [-0.39, 0.29) is 11.3 Å². The minimum atomic E-state index is -0.674. The van der Waals surface area contributed by atoms with Gasteiger partial charge in [-0.1, -0.05) is 39.3 Å². The highest BCUT2D eigenvalue weighted by molar-refractivity contribution is 6.31. The first-order chi connectivity index (χ1) is 13.8. The molecule has 2 aromatic rings. The van der Waals surface area contributed by atoms with Gasteiger partial charge in [0.1, 0.15) is 0 Å². The SMILES string of the molecule is CCN(CC)CC(=O)N1CCC(C(C)(C)[C@H](O)c2cc(Cl)cc3cn[nH]c23)CC1. The van der Waals surface area contributed by atoms with Gasteiger partial charge < -0.3 is 10.0 Å². The Morgan fingerprint density at radius 1 is 1.34 bits per heavy atom. The van der Waals surface area contributed by atoms with Crippen molar-refractivity contribution in [1.29, 1.82) is 0 Å². The van der Waals surface area contributed by atoms with E-state index in [1.807, 2.05) is 17.0 Å². The van der Waals surface area contributed by atoms with Gasteiger partial charge in [-0.2, -0.15) is 5.10 Å². The number of aliphatic hydroxyl groups excluding tert-OH is 1. The van der Waals surface area contributed by atoms with Gasteiger partial charge in [-0.25, -0.2) is 0 Å². The number of rotatable bonds is 7. The van der Waals surface area contributed by atoms with Crippen LogP contribution in [0.4, 0.5) is 0 Å². The smallest absolute Gasteiger partial charge is 0.236 e. The van der Waals surface area contributed by atoms with Gasteiger partial charge in [-0.3, -0.25) is 14.8 Å². The number of carbonyl (C=O) groups excluding carboxylic acids is 1.